The quantitative estimate of drug-likeness (QED) is 0.794. The zero-order valence-corrected chi connectivity index (χ0v) is 12.4. The predicted molar refractivity (Wildman–Crippen MR) is 86.2 cm³/mol. The van der Waals surface area contributed by atoms with Crippen molar-refractivity contribution in [1.82, 2.24) is 15.5 Å². The van der Waals surface area contributed by atoms with Crippen molar-refractivity contribution in [2.75, 3.05) is 7.05 Å². The van der Waals surface area contributed by atoms with Gasteiger partial charge in [-0.1, -0.05) is 54.6 Å². The predicted octanol–water partition coefficient (Wildman–Crippen LogP) is 3.44. The molecule has 0 aliphatic rings. The van der Waals surface area contributed by atoms with Crippen LogP contribution in [0.15, 0.2) is 54.6 Å². The molecule has 0 aliphatic carbocycles. The number of nitrogens with zero attached hydrogens (tertiary/aromatic N) is 2. The highest BCUT2D eigenvalue weighted by atomic mass is 15.1. The van der Waals surface area contributed by atoms with Crippen molar-refractivity contribution >= 4 is 10.8 Å². The van der Waals surface area contributed by atoms with Crippen molar-refractivity contribution in [3.8, 4) is 0 Å². The number of benzene rings is 2. The molecule has 3 rings (SSSR count). The number of aryl methyl sites for hydroxylation is 1. The summed E-state index contributed by atoms with van der Waals surface area (Å²) in [5.41, 5.74) is 3.29. The van der Waals surface area contributed by atoms with E-state index in [1.807, 2.05) is 26.1 Å². The van der Waals surface area contributed by atoms with Crippen LogP contribution in [-0.2, 0) is 6.42 Å². The molecule has 3 aromatic rings. The third-order valence-corrected chi connectivity index (χ3v) is 3.90. The van der Waals surface area contributed by atoms with Crippen LogP contribution >= 0.6 is 0 Å². The molecule has 0 radical (unpaired) electrons. The lowest BCUT2D eigenvalue weighted by atomic mass is 9.99. The van der Waals surface area contributed by atoms with Crippen LogP contribution in [0, 0.1) is 6.92 Å². The summed E-state index contributed by atoms with van der Waals surface area (Å²) < 4.78 is 0. The monoisotopic (exact) mass is 277 g/mol. The van der Waals surface area contributed by atoms with Crippen molar-refractivity contribution in [3.05, 3.63) is 71.5 Å². The van der Waals surface area contributed by atoms with Gasteiger partial charge in [0, 0.05) is 23.2 Å². The van der Waals surface area contributed by atoms with Crippen LogP contribution in [0.1, 0.15) is 23.0 Å². The number of rotatable bonds is 4. The highest BCUT2D eigenvalue weighted by Crippen LogP contribution is 2.23. The van der Waals surface area contributed by atoms with E-state index in [-0.39, 0.29) is 6.04 Å². The van der Waals surface area contributed by atoms with Gasteiger partial charge in [-0.25, -0.2) is 0 Å². The molecule has 1 unspecified atom stereocenters. The van der Waals surface area contributed by atoms with E-state index >= 15 is 0 Å². The Balaban J connectivity index is 1.99. The van der Waals surface area contributed by atoms with Gasteiger partial charge in [-0.2, -0.15) is 10.2 Å². The van der Waals surface area contributed by atoms with Crippen molar-refractivity contribution in [2.45, 2.75) is 19.4 Å². The largest absolute Gasteiger partial charge is 0.313 e. The Morgan fingerprint density at radius 1 is 0.905 bits per heavy atom. The first-order valence-electron chi connectivity index (χ1n) is 7.22. The van der Waals surface area contributed by atoms with Gasteiger partial charge in [0.05, 0.1) is 11.4 Å². The zero-order chi connectivity index (χ0) is 14.7. The Bertz CT molecular complexity index is 738. The SMILES string of the molecule is CNC(Cc1nnc(C)c2ccccc12)c1ccccc1. The molecule has 0 spiro atoms. The van der Waals surface area contributed by atoms with Gasteiger partial charge >= 0.3 is 0 Å². The molecule has 1 atom stereocenters. The summed E-state index contributed by atoms with van der Waals surface area (Å²) in [5, 5.41) is 14.5. The molecule has 3 nitrogen and oxygen atoms in total. The van der Waals surface area contributed by atoms with Crippen molar-refractivity contribution in [3.63, 3.8) is 0 Å². The minimum Gasteiger partial charge on any atom is -0.313 e. The first kappa shape index (κ1) is 13.7. The lowest BCUT2D eigenvalue weighted by Crippen LogP contribution is -2.19. The van der Waals surface area contributed by atoms with Gasteiger partial charge in [0.1, 0.15) is 0 Å². The summed E-state index contributed by atoms with van der Waals surface area (Å²) >= 11 is 0. The second-order valence-electron chi connectivity index (χ2n) is 5.23. The average Bonchev–Trinajstić information content (AvgIpc) is 2.55. The van der Waals surface area contributed by atoms with Crippen LogP contribution in [0.25, 0.3) is 10.8 Å². The molecule has 1 N–H and O–H groups in total. The highest BCUT2D eigenvalue weighted by Gasteiger charge is 2.14. The van der Waals surface area contributed by atoms with Gasteiger partial charge in [-0.3, -0.25) is 0 Å². The third kappa shape index (κ3) is 2.78. The maximum Gasteiger partial charge on any atom is 0.0728 e. The summed E-state index contributed by atoms with van der Waals surface area (Å²) in [6.45, 7) is 2.01. The summed E-state index contributed by atoms with van der Waals surface area (Å²) in [4.78, 5) is 0. The lowest BCUT2D eigenvalue weighted by molar-refractivity contribution is 0.582. The normalized spacial score (nSPS) is 12.5. The summed E-state index contributed by atoms with van der Waals surface area (Å²) in [6.07, 6.45) is 0.828. The summed E-state index contributed by atoms with van der Waals surface area (Å²) in [6, 6.07) is 19.1. The molecule has 0 amide bonds. The van der Waals surface area contributed by atoms with Gasteiger partial charge in [-0.05, 0) is 19.5 Å². The molecule has 3 heteroatoms. The molecular weight excluding hydrogens is 258 g/mol. The maximum absolute atomic E-state index is 4.43. The van der Waals surface area contributed by atoms with E-state index in [0.29, 0.717) is 0 Å². The van der Waals surface area contributed by atoms with E-state index in [4.69, 9.17) is 0 Å². The molecule has 0 fully saturated rings. The lowest BCUT2D eigenvalue weighted by Gasteiger charge is -2.17. The fraction of sp³-hybridized carbons (Fsp3) is 0.222. The second kappa shape index (κ2) is 6.02. The minimum atomic E-state index is 0.242. The van der Waals surface area contributed by atoms with Crippen LogP contribution in [0.5, 0.6) is 0 Å². The number of aromatic nitrogens is 2. The van der Waals surface area contributed by atoms with Crippen molar-refractivity contribution in [1.29, 1.82) is 0 Å². The number of nitrogens with one attached hydrogen (secondary N) is 1. The Hall–Kier alpha value is -2.26. The van der Waals surface area contributed by atoms with Crippen molar-refractivity contribution < 1.29 is 0 Å². The molecule has 106 valence electrons. The number of likely N-dealkylation sites (N-methyl/N-ethyl adjacent to an activating group) is 1. The Labute approximate surface area is 125 Å². The van der Waals surface area contributed by atoms with E-state index in [1.165, 1.54) is 16.3 Å². The van der Waals surface area contributed by atoms with Gasteiger partial charge in [0.2, 0.25) is 0 Å². The fourth-order valence-electron chi connectivity index (χ4n) is 2.71. The van der Waals surface area contributed by atoms with E-state index in [9.17, 15) is 0 Å². The van der Waals surface area contributed by atoms with Crippen LogP contribution in [-0.4, -0.2) is 17.2 Å². The van der Waals surface area contributed by atoms with Crippen LogP contribution in [0.4, 0.5) is 0 Å². The standard InChI is InChI=1S/C18H19N3/c1-13-15-10-6-7-11-16(15)18(21-20-13)12-17(19-2)14-8-4-3-5-9-14/h3-11,17,19H,12H2,1-2H3. The van der Waals surface area contributed by atoms with Gasteiger partial charge in [0.15, 0.2) is 0 Å². The molecule has 0 saturated carbocycles. The van der Waals surface area contributed by atoms with Crippen LogP contribution in [0.3, 0.4) is 0 Å². The number of hydrogen-bond donors (Lipinski definition) is 1. The first-order valence-corrected chi connectivity index (χ1v) is 7.22. The van der Waals surface area contributed by atoms with Crippen molar-refractivity contribution in [2.24, 2.45) is 0 Å². The second-order valence-corrected chi connectivity index (χ2v) is 5.23. The maximum atomic E-state index is 4.43. The minimum absolute atomic E-state index is 0.242. The highest BCUT2D eigenvalue weighted by molar-refractivity contribution is 5.86. The van der Waals surface area contributed by atoms with Crippen LogP contribution < -0.4 is 5.32 Å². The Morgan fingerprint density at radius 2 is 1.57 bits per heavy atom. The molecule has 0 saturated heterocycles. The number of hydrogen-bond acceptors (Lipinski definition) is 3. The number of fused-ring (bicyclic) bond motifs is 1. The molecule has 21 heavy (non-hydrogen) atoms. The molecule has 0 aliphatic heterocycles. The Morgan fingerprint density at radius 3 is 2.29 bits per heavy atom. The van der Waals surface area contributed by atoms with E-state index in [1.54, 1.807) is 0 Å². The van der Waals surface area contributed by atoms with Gasteiger partial charge in [-0.15, -0.1) is 0 Å². The molecular formula is C18H19N3. The zero-order valence-electron chi connectivity index (χ0n) is 12.4. The molecule has 1 aromatic heterocycles. The topological polar surface area (TPSA) is 37.8 Å². The molecule has 0 bridgehead atoms. The van der Waals surface area contributed by atoms with E-state index in [0.717, 1.165) is 17.8 Å². The van der Waals surface area contributed by atoms with Gasteiger partial charge in [0.25, 0.3) is 0 Å². The smallest absolute Gasteiger partial charge is 0.0728 e. The van der Waals surface area contributed by atoms with E-state index < -0.39 is 0 Å². The summed E-state index contributed by atoms with van der Waals surface area (Å²) in [5.74, 6) is 0. The summed E-state index contributed by atoms with van der Waals surface area (Å²) in [7, 11) is 1.99. The third-order valence-electron chi connectivity index (χ3n) is 3.90. The first-order chi connectivity index (χ1) is 10.3. The fourth-order valence-corrected chi connectivity index (χ4v) is 2.71. The average molecular weight is 277 g/mol. The molecule has 2 aromatic carbocycles. The molecule has 1 heterocycles. The van der Waals surface area contributed by atoms with Crippen LogP contribution in [0.2, 0.25) is 0 Å². The Kier molecular flexibility index (Phi) is 3.93. The van der Waals surface area contributed by atoms with Gasteiger partial charge < -0.3 is 5.32 Å². The van der Waals surface area contributed by atoms with E-state index in [2.05, 4.69) is 58.0 Å².